The third-order valence-corrected chi connectivity index (χ3v) is 4.71. The van der Waals surface area contributed by atoms with Crippen molar-refractivity contribution in [3.05, 3.63) is 11.4 Å². The van der Waals surface area contributed by atoms with Crippen LogP contribution in [-0.2, 0) is 16.6 Å². The number of nitrogens with one attached hydrogen (secondary N) is 1. The van der Waals surface area contributed by atoms with Gasteiger partial charge in [-0.15, -0.1) is 0 Å². The van der Waals surface area contributed by atoms with Gasteiger partial charge in [-0.25, -0.2) is 8.42 Å². The third-order valence-electron chi connectivity index (χ3n) is 2.46. The average molecular weight is 246 g/mol. The molecule has 0 unspecified atom stereocenters. The van der Waals surface area contributed by atoms with Crippen LogP contribution >= 0.6 is 0 Å². The lowest BCUT2D eigenvalue weighted by atomic mass is 10.4. The molecule has 1 rings (SSSR count). The smallest absolute Gasteiger partial charge is 0.246 e. The first-order chi connectivity index (χ1) is 7.48. The van der Waals surface area contributed by atoms with Crippen LogP contribution in [0.15, 0.2) is 4.90 Å². The number of aromatic amines is 1. The Bertz CT molecular complexity index is 448. The molecule has 3 N–H and O–H groups in total. The van der Waals surface area contributed by atoms with Gasteiger partial charge in [-0.3, -0.25) is 5.10 Å². The van der Waals surface area contributed by atoms with E-state index in [1.807, 2.05) is 0 Å². The molecule has 0 saturated carbocycles. The molecule has 0 saturated heterocycles. The summed E-state index contributed by atoms with van der Waals surface area (Å²) in [6.07, 6.45) is 0. The van der Waals surface area contributed by atoms with Gasteiger partial charge in [0.25, 0.3) is 0 Å². The molecule has 0 amide bonds. The van der Waals surface area contributed by atoms with Gasteiger partial charge >= 0.3 is 0 Å². The van der Waals surface area contributed by atoms with E-state index in [4.69, 9.17) is 5.73 Å². The fourth-order valence-corrected chi connectivity index (χ4v) is 3.44. The quantitative estimate of drug-likeness (QED) is 0.776. The molecule has 0 fully saturated rings. The van der Waals surface area contributed by atoms with Crippen LogP contribution < -0.4 is 5.73 Å². The maximum Gasteiger partial charge on any atom is 0.246 e. The predicted octanol–water partition coefficient (Wildman–Crippen LogP) is 0.207. The van der Waals surface area contributed by atoms with Gasteiger partial charge in [0.15, 0.2) is 0 Å². The molecule has 92 valence electrons. The van der Waals surface area contributed by atoms with Gasteiger partial charge in [-0.1, -0.05) is 13.8 Å². The van der Waals surface area contributed by atoms with E-state index in [1.54, 1.807) is 20.8 Å². The zero-order chi connectivity index (χ0) is 12.3. The van der Waals surface area contributed by atoms with E-state index in [9.17, 15) is 8.42 Å². The second kappa shape index (κ2) is 4.94. The molecule has 16 heavy (non-hydrogen) atoms. The number of aryl methyl sites for hydroxylation is 1. The minimum atomic E-state index is -3.47. The zero-order valence-electron chi connectivity index (χ0n) is 9.82. The highest BCUT2D eigenvalue weighted by molar-refractivity contribution is 7.89. The summed E-state index contributed by atoms with van der Waals surface area (Å²) in [5.74, 6) is 0. The molecule has 0 atom stereocenters. The molecule has 1 aromatic rings. The molecule has 0 aromatic carbocycles. The lowest BCUT2D eigenvalue weighted by Crippen LogP contribution is -2.31. The number of sulfonamides is 1. The van der Waals surface area contributed by atoms with Crippen molar-refractivity contribution in [3.8, 4) is 0 Å². The van der Waals surface area contributed by atoms with Gasteiger partial charge < -0.3 is 5.73 Å². The fourth-order valence-electron chi connectivity index (χ4n) is 1.64. The van der Waals surface area contributed by atoms with E-state index in [1.165, 1.54) is 4.31 Å². The first-order valence-corrected chi connectivity index (χ1v) is 6.67. The van der Waals surface area contributed by atoms with Crippen LogP contribution in [0.5, 0.6) is 0 Å². The van der Waals surface area contributed by atoms with Gasteiger partial charge in [-0.2, -0.15) is 9.40 Å². The Morgan fingerprint density at radius 1 is 1.38 bits per heavy atom. The Hall–Kier alpha value is -0.920. The molecule has 0 aliphatic carbocycles. The number of hydrogen-bond acceptors (Lipinski definition) is 4. The first kappa shape index (κ1) is 13.1. The summed E-state index contributed by atoms with van der Waals surface area (Å²) in [5, 5.41) is 6.56. The predicted molar refractivity (Wildman–Crippen MR) is 61.3 cm³/mol. The second-order valence-electron chi connectivity index (χ2n) is 3.42. The van der Waals surface area contributed by atoms with Crippen molar-refractivity contribution in [3.63, 3.8) is 0 Å². The van der Waals surface area contributed by atoms with Gasteiger partial charge in [0.05, 0.1) is 11.4 Å². The summed E-state index contributed by atoms with van der Waals surface area (Å²) in [7, 11) is -3.47. The Morgan fingerprint density at radius 2 is 1.94 bits per heavy atom. The largest absolute Gasteiger partial charge is 0.325 e. The van der Waals surface area contributed by atoms with Crippen molar-refractivity contribution in [2.24, 2.45) is 5.73 Å². The molecule has 0 radical (unpaired) electrons. The van der Waals surface area contributed by atoms with E-state index in [-0.39, 0.29) is 11.4 Å². The van der Waals surface area contributed by atoms with Crippen molar-refractivity contribution in [2.75, 3.05) is 13.1 Å². The summed E-state index contributed by atoms with van der Waals surface area (Å²) < 4.78 is 25.9. The maximum atomic E-state index is 12.3. The fraction of sp³-hybridized carbons (Fsp3) is 0.667. The van der Waals surface area contributed by atoms with E-state index in [2.05, 4.69) is 10.2 Å². The van der Waals surface area contributed by atoms with Gasteiger partial charge in [0, 0.05) is 19.6 Å². The summed E-state index contributed by atoms with van der Waals surface area (Å²) in [5.41, 5.74) is 6.41. The molecule has 0 aliphatic rings. The van der Waals surface area contributed by atoms with Crippen LogP contribution in [0.3, 0.4) is 0 Å². The molecule has 1 heterocycles. The number of hydrogen-bond donors (Lipinski definition) is 2. The lowest BCUT2D eigenvalue weighted by molar-refractivity contribution is 0.444. The van der Waals surface area contributed by atoms with Crippen LogP contribution in [0.4, 0.5) is 0 Å². The lowest BCUT2D eigenvalue weighted by Gasteiger charge is -2.18. The SMILES string of the molecule is CCN(CC)S(=O)(=O)c1c(CN)n[nH]c1C. The number of H-pyrrole nitrogens is 1. The van der Waals surface area contributed by atoms with Gasteiger partial charge in [0.1, 0.15) is 4.90 Å². The normalized spacial score (nSPS) is 12.3. The van der Waals surface area contributed by atoms with Crippen molar-refractivity contribution < 1.29 is 8.42 Å². The van der Waals surface area contributed by atoms with Crippen LogP contribution in [0.25, 0.3) is 0 Å². The molecule has 0 aliphatic heterocycles. The van der Waals surface area contributed by atoms with Crippen LogP contribution in [0.2, 0.25) is 0 Å². The van der Waals surface area contributed by atoms with Gasteiger partial charge in [-0.05, 0) is 6.92 Å². The molecular weight excluding hydrogens is 228 g/mol. The van der Waals surface area contributed by atoms with E-state index in [0.29, 0.717) is 24.5 Å². The highest BCUT2D eigenvalue weighted by Crippen LogP contribution is 2.21. The molecule has 0 spiro atoms. The summed E-state index contributed by atoms with van der Waals surface area (Å²) in [6.45, 7) is 6.28. The highest BCUT2D eigenvalue weighted by atomic mass is 32.2. The molecule has 0 bridgehead atoms. The van der Waals surface area contributed by atoms with Gasteiger partial charge in [0.2, 0.25) is 10.0 Å². The molecular formula is C9H18N4O2S. The molecule has 1 aromatic heterocycles. The topological polar surface area (TPSA) is 92.1 Å². The average Bonchev–Trinajstić information content (AvgIpc) is 2.61. The summed E-state index contributed by atoms with van der Waals surface area (Å²) in [4.78, 5) is 0.221. The third kappa shape index (κ3) is 2.11. The first-order valence-electron chi connectivity index (χ1n) is 5.23. The van der Waals surface area contributed by atoms with Crippen LogP contribution in [0, 0.1) is 6.92 Å². The Kier molecular flexibility index (Phi) is 4.06. The zero-order valence-corrected chi connectivity index (χ0v) is 10.6. The summed E-state index contributed by atoms with van der Waals surface area (Å²) in [6, 6.07) is 0. The Balaban J connectivity index is 3.31. The van der Waals surface area contributed by atoms with Crippen molar-refractivity contribution in [1.29, 1.82) is 0 Å². The standard InChI is InChI=1S/C9H18N4O2S/c1-4-13(5-2)16(14,15)9-7(3)11-12-8(9)6-10/h4-6,10H2,1-3H3,(H,11,12). The second-order valence-corrected chi connectivity index (χ2v) is 5.29. The Labute approximate surface area is 95.9 Å². The van der Waals surface area contributed by atoms with Crippen molar-refractivity contribution >= 4 is 10.0 Å². The number of nitrogens with two attached hydrogens (primary N) is 1. The minimum absolute atomic E-state index is 0.111. The Morgan fingerprint density at radius 3 is 2.38 bits per heavy atom. The number of rotatable bonds is 5. The van der Waals surface area contributed by atoms with E-state index in [0.717, 1.165) is 0 Å². The molecule has 7 heteroatoms. The monoisotopic (exact) mass is 246 g/mol. The summed E-state index contributed by atoms with van der Waals surface area (Å²) >= 11 is 0. The highest BCUT2D eigenvalue weighted by Gasteiger charge is 2.28. The maximum absolute atomic E-state index is 12.3. The minimum Gasteiger partial charge on any atom is -0.325 e. The van der Waals surface area contributed by atoms with Crippen LogP contribution in [0.1, 0.15) is 25.2 Å². The van der Waals surface area contributed by atoms with Crippen molar-refractivity contribution in [1.82, 2.24) is 14.5 Å². The molecule has 6 nitrogen and oxygen atoms in total. The number of aromatic nitrogens is 2. The van der Waals surface area contributed by atoms with Crippen LogP contribution in [-0.4, -0.2) is 36.0 Å². The van der Waals surface area contributed by atoms with E-state index >= 15 is 0 Å². The van der Waals surface area contributed by atoms with E-state index < -0.39 is 10.0 Å². The number of nitrogens with zero attached hydrogens (tertiary/aromatic N) is 2. The van der Waals surface area contributed by atoms with Crippen molar-refractivity contribution in [2.45, 2.75) is 32.2 Å².